The van der Waals surface area contributed by atoms with Crippen LogP contribution in [0.25, 0.3) is 11.1 Å². The molecule has 2 aromatic rings. The van der Waals surface area contributed by atoms with Crippen LogP contribution in [0.3, 0.4) is 0 Å². The van der Waals surface area contributed by atoms with Crippen molar-refractivity contribution in [2.75, 3.05) is 26.9 Å². The van der Waals surface area contributed by atoms with Gasteiger partial charge in [0.25, 0.3) is 0 Å². The monoisotopic (exact) mass is 478 g/mol. The number of nitrogens with zero attached hydrogens (tertiary/aromatic N) is 1. The molecule has 0 spiro atoms. The van der Waals surface area contributed by atoms with Gasteiger partial charge >= 0.3 is 12.1 Å². The minimum Gasteiger partial charge on any atom is -0.479 e. The largest absolute Gasteiger partial charge is 0.479 e. The minimum atomic E-state index is -1.41. The first-order valence-electron chi connectivity index (χ1n) is 12.1. The Hall–Kier alpha value is -3.39. The van der Waals surface area contributed by atoms with Crippen molar-refractivity contribution in [3.05, 3.63) is 59.7 Å². The Labute approximate surface area is 204 Å². The topological polar surface area (TPSA) is 105 Å². The molecule has 1 unspecified atom stereocenters. The lowest BCUT2D eigenvalue weighted by atomic mass is 9.75. The summed E-state index contributed by atoms with van der Waals surface area (Å²) in [5.41, 5.74) is 1.95. The van der Waals surface area contributed by atoms with E-state index < -0.39 is 23.1 Å². The molecule has 2 aliphatic carbocycles. The number of nitrogens with one attached hydrogen (secondary N) is 1. The zero-order valence-electron chi connectivity index (χ0n) is 19.8. The second kappa shape index (κ2) is 9.00. The molecule has 35 heavy (non-hydrogen) atoms. The van der Waals surface area contributed by atoms with E-state index in [2.05, 4.69) is 17.4 Å². The van der Waals surface area contributed by atoms with Crippen molar-refractivity contribution in [1.29, 1.82) is 0 Å². The summed E-state index contributed by atoms with van der Waals surface area (Å²) in [4.78, 5) is 40.1. The molecule has 2 N–H and O–H groups in total. The van der Waals surface area contributed by atoms with Crippen molar-refractivity contribution in [2.24, 2.45) is 0 Å². The highest BCUT2D eigenvalue weighted by atomic mass is 16.5. The number of fused-ring (bicyclic) bond motifs is 3. The van der Waals surface area contributed by atoms with Crippen molar-refractivity contribution in [3.63, 3.8) is 0 Å². The highest BCUT2D eigenvalue weighted by Crippen LogP contribution is 2.45. The summed E-state index contributed by atoms with van der Waals surface area (Å²) in [6.07, 6.45) is 1.91. The zero-order chi connectivity index (χ0) is 24.6. The Morgan fingerprint density at radius 1 is 1.00 bits per heavy atom. The number of amides is 2. The van der Waals surface area contributed by atoms with Gasteiger partial charge in [0.05, 0.1) is 6.61 Å². The lowest BCUT2D eigenvalue weighted by Crippen LogP contribution is -2.68. The highest BCUT2D eigenvalue weighted by molar-refractivity contribution is 5.95. The van der Waals surface area contributed by atoms with Crippen LogP contribution in [0.5, 0.6) is 0 Å². The number of ether oxygens (including phenoxy) is 2. The molecule has 1 aliphatic heterocycles. The van der Waals surface area contributed by atoms with E-state index >= 15 is 0 Å². The van der Waals surface area contributed by atoms with Gasteiger partial charge in [-0.3, -0.25) is 4.79 Å². The van der Waals surface area contributed by atoms with Crippen LogP contribution < -0.4 is 5.32 Å². The molecule has 3 aliphatic rings. The standard InChI is InChI=1S/C27H30N2O6/c1-34-17-27(24(31)32)14-7-15-29(27)23(30)26(12-6-13-26)28-25(33)35-16-22-20-10-4-2-8-18(20)19-9-3-5-11-21(19)22/h2-5,8-11,22H,6-7,12-17H2,1H3,(H,28,33)(H,31,32). The number of likely N-dealkylation sites (tertiary alicyclic amines) is 1. The molecular weight excluding hydrogens is 448 g/mol. The number of alkyl carbamates (subject to hydrolysis) is 1. The molecule has 184 valence electrons. The van der Waals surface area contributed by atoms with Crippen molar-refractivity contribution in [2.45, 2.75) is 49.1 Å². The van der Waals surface area contributed by atoms with Gasteiger partial charge in [-0.1, -0.05) is 48.5 Å². The van der Waals surface area contributed by atoms with Gasteiger partial charge in [0.1, 0.15) is 12.1 Å². The molecule has 8 heteroatoms. The van der Waals surface area contributed by atoms with Crippen molar-refractivity contribution >= 4 is 18.0 Å². The van der Waals surface area contributed by atoms with E-state index in [4.69, 9.17) is 9.47 Å². The smallest absolute Gasteiger partial charge is 0.408 e. The van der Waals surface area contributed by atoms with Crippen LogP contribution in [0.1, 0.15) is 49.1 Å². The predicted octanol–water partition coefficient (Wildman–Crippen LogP) is 3.54. The summed E-state index contributed by atoms with van der Waals surface area (Å²) in [5, 5.41) is 12.7. The van der Waals surface area contributed by atoms with E-state index in [0.29, 0.717) is 32.2 Å². The molecule has 1 saturated heterocycles. The van der Waals surface area contributed by atoms with Gasteiger partial charge in [-0.25, -0.2) is 9.59 Å². The first-order chi connectivity index (χ1) is 16.9. The number of hydrogen-bond acceptors (Lipinski definition) is 5. The number of carboxylic acid groups (broad SMARTS) is 1. The first kappa shape index (κ1) is 23.4. The quantitative estimate of drug-likeness (QED) is 0.631. The van der Waals surface area contributed by atoms with Crippen LogP contribution in [0.2, 0.25) is 0 Å². The van der Waals surface area contributed by atoms with Gasteiger partial charge < -0.3 is 24.8 Å². The Morgan fingerprint density at radius 3 is 2.17 bits per heavy atom. The van der Waals surface area contributed by atoms with E-state index in [0.717, 1.165) is 28.7 Å². The van der Waals surface area contributed by atoms with Gasteiger partial charge in [0.2, 0.25) is 5.91 Å². The number of aliphatic carboxylic acids is 1. The van der Waals surface area contributed by atoms with Gasteiger partial charge in [-0.2, -0.15) is 0 Å². The molecule has 1 heterocycles. The number of carboxylic acids is 1. The van der Waals surface area contributed by atoms with Crippen LogP contribution in [0.15, 0.2) is 48.5 Å². The van der Waals surface area contributed by atoms with E-state index in [-0.39, 0.29) is 25.0 Å². The van der Waals surface area contributed by atoms with Gasteiger partial charge in [-0.05, 0) is 54.4 Å². The molecule has 2 fully saturated rings. The third kappa shape index (κ3) is 3.76. The lowest BCUT2D eigenvalue weighted by Gasteiger charge is -2.46. The maximum atomic E-state index is 13.6. The average Bonchev–Trinajstić information content (AvgIpc) is 3.40. The second-order valence-corrected chi connectivity index (χ2v) is 9.72. The van der Waals surface area contributed by atoms with Crippen molar-refractivity contribution < 1.29 is 29.0 Å². The Balaban J connectivity index is 1.30. The van der Waals surface area contributed by atoms with Crippen LogP contribution in [-0.4, -0.2) is 65.9 Å². The number of hydrogen-bond donors (Lipinski definition) is 2. The van der Waals surface area contributed by atoms with Crippen molar-refractivity contribution in [3.8, 4) is 11.1 Å². The third-order valence-electron chi connectivity index (χ3n) is 7.82. The van der Waals surface area contributed by atoms with Crippen LogP contribution in [0.4, 0.5) is 4.79 Å². The molecule has 5 rings (SSSR count). The van der Waals surface area contributed by atoms with Gasteiger partial charge in [0, 0.05) is 19.6 Å². The van der Waals surface area contributed by atoms with Crippen LogP contribution in [0, 0.1) is 0 Å². The van der Waals surface area contributed by atoms with E-state index in [1.807, 2.05) is 36.4 Å². The maximum Gasteiger partial charge on any atom is 0.408 e. The summed E-state index contributed by atoms with van der Waals surface area (Å²) < 4.78 is 10.9. The fraction of sp³-hybridized carbons (Fsp3) is 0.444. The molecule has 2 amide bonds. The molecular formula is C27H30N2O6. The minimum absolute atomic E-state index is 0.0823. The predicted molar refractivity (Wildman–Crippen MR) is 128 cm³/mol. The number of methoxy groups -OCH3 is 1. The number of carbonyl (C=O) groups excluding carboxylic acids is 2. The third-order valence-corrected chi connectivity index (χ3v) is 7.82. The van der Waals surface area contributed by atoms with Crippen LogP contribution >= 0.6 is 0 Å². The van der Waals surface area contributed by atoms with E-state index in [9.17, 15) is 19.5 Å². The molecule has 1 atom stereocenters. The average molecular weight is 479 g/mol. The first-order valence-corrected chi connectivity index (χ1v) is 12.1. The maximum absolute atomic E-state index is 13.6. The molecule has 0 aromatic heterocycles. The highest BCUT2D eigenvalue weighted by Gasteiger charge is 2.57. The normalized spacial score (nSPS) is 22.1. The van der Waals surface area contributed by atoms with Gasteiger partial charge in [0.15, 0.2) is 5.54 Å². The lowest BCUT2D eigenvalue weighted by molar-refractivity contribution is -0.164. The number of carbonyl (C=O) groups is 3. The zero-order valence-corrected chi connectivity index (χ0v) is 19.8. The fourth-order valence-corrected chi connectivity index (χ4v) is 5.86. The summed E-state index contributed by atoms with van der Waals surface area (Å²) in [6, 6.07) is 16.2. The summed E-state index contributed by atoms with van der Waals surface area (Å²) in [6.45, 7) is 0.383. The van der Waals surface area contributed by atoms with Gasteiger partial charge in [-0.15, -0.1) is 0 Å². The van der Waals surface area contributed by atoms with E-state index in [1.165, 1.54) is 12.0 Å². The molecule has 2 aromatic carbocycles. The van der Waals surface area contributed by atoms with E-state index in [1.54, 1.807) is 0 Å². The molecule has 0 radical (unpaired) electrons. The Morgan fingerprint density at radius 2 is 1.63 bits per heavy atom. The number of benzene rings is 2. The second-order valence-electron chi connectivity index (χ2n) is 9.72. The molecule has 8 nitrogen and oxygen atoms in total. The molecule has 1 saturated carbocycles. The SMILES string of the molecule is COCC1(C(=O)O)CCCN1C(=O)C1(NC(=O)OCC2c3ccccc3-c3ccccc32)CCC1. The summed E-state index contributed by atoms with van der Waals surface area (Å²) >= 11 is 0. The van der Waals surface area contributed by atoms with Crippen LogP contribution in [-0.2, 0) is 19.1 Å². The Bertz CT molecular complexity index is 1110. The Kier molecular flexibility index (Phi) is 6.01. The summed E-state index contributed by atoms with van der Waals surface area (Å²) in [5.74, 6) is -1.53. The summed E-state index contributed by atoms with van der Waals surface area (Å²) in [7, 11) is 1.43. The molecule has 0 bridgehead atoms. The van der Waals surface area contributed by atoms with Crippen molar-refractivity contribution in [1.82, 2.24) is 10.2 Å². The fourth-order valence-electron chi connectivity index (χ4n) is 5.86. The number of rotatable bonds is 7.